The van der Waals surface area contributed by atoms with Gasteiger partial charge in [0.15, 0.2) is 0 Å². The SMILES string of the molecule is C=C(Oc1cc(N)c(F)cc1Cl)C(=O)OC. The van der Waals surface area contributed by atoms with Crippen molar-refractivity contribution in [1.82, 2.24) is 0 Å². The first-order valence-electron chi connectivity index (χ1n) is 4.15. The van der Waals surface area contributed by atoms with Crippen LogP contribution in [0.3, 0.4) is 0 Å². The third-order valence-corrected chi connectivity index (χ3v) is 1.99. The van der Waals surface area contributed by atoms with Gasteiger partial charge in [-0.15, -0.1) is 0 Å². The van der Waals surface area contributed by atoms with Gasteiger partial charge in [-0.25, -0.2) is 9.18 Å². The molecule has 1 aromatic carbocycles. The normalized spacial score (nSPS) is 9.69. The number of anilines is 1. The van der Waals surface area contributed by atoms with Crippen molar-refractivity contribution in [3.05, 3.63) is 35.3 Å². The average Bonchev–Trinajstić information content (AvgIpc) is 2.24. The summed E-state index contributed by atoms with van der Waals surface area (Å²) in [4.78, 5) is 11.0. The average molecular weight is 246 g/mol. The fraction of sp³-hybridized carbons (Fsp3) is 0.100. The van der Waals surface area contributed by atoms with Crippen LogP contribution in [0.15, 0.2) is 24.5 Å². The van der Waals surface area contributed by atoms with Crippen molar-refractivity contribution in [2.75, 3.05) is 12.8 Å². The van der Waals surface area contributed by atoms with E-state index in [1.54, 1.807) is 0 Å². The number of hydrogen-bond acceptors (Lipinski definition) is 4. The zero-order chi connectivity index (χ0) is 12.3. The summed E-state index contributed by atoms with van der Waals surface area (Å²) in [6.07, 6.45) is 0. The van der Waals surface area contributed by atoms with Gasteiger partial charge in [0.2, 0.25) is 5.76 Å². The van der Waals surface area contributed by atoms with Gasteiger partial charge in [0.25, 0.3) is 0 Å². The fourth-order valence-corrected chi connectivity index (χ4v) is 1.10. The predicted molar refractivity (Wildman–Crippen MR) is 57.6 cm³/mol. The van der Waals surface area contributed by atoms with E-state index in [2.05, 4.69) is 11.3 Å². The molecule has 16 heavy (non-hydrogen) atoms. The number of carbonyl (C=O) groups is 1. The molecule has 0 aromatic heterocycles. The maximum Gasteiger partial charge on any atom is 0.373 e. The molecule has 1 aromatic rings. The summed E-state index contributed by atoms with van der Waals surface area (Å²) >= 11 is 5.68. The first-order chi connectivity index (χ1) is 7.45. The topological polar surface area (TPSA) is 61.5 Å². The van der Waals surface area contributed by atoms with Crippen molar-refractivity contribution in [3.8, 4) is 5.75 Å². The van der Waals surface area contributed by atoms with E-state index in [4.69, 9.17) is 22.1 Å². The number of carbonyl (C=O) groups excluding carboxylic acids is 1. The Morgan fingerprint density at radius 2 is 2.19 bits per heavy atom. The minimum Gasteiger partial charge on any atom is -0.463 e. The molecule has 0 saturated carbocycles. The van der Waals surface area contributed by atoms with Gasteiger partial charge < -0.3 is 15.2 Å². The molecule has 0 fully saturated rings. The second kappa shape index (κ2) is 4.85. The number of methoxy groups -OCH3 is 1. The standard InChI is InChI=1S/C10H9ClFNO3/c1-5(10(14)15-2)16-9-4-8(13)7(12)3-6(9)11/h3-4H,1,13H2,2H3. The van der Waals surface area contributed by atoms with Crippen LogP contribution >= 0.6 is 11.6 Å². The maximum absolute atomic E-state index is 12.9. The molecule has 0 aliphatic rings. The Bertz CT molecular complexity index is 448. The van der Waals surface area contributed by atoms with Crippen LogP contribution in [0.2, 0.25) is 5.02 Å². The van der Waals surface area contributed by atoms with Crippen molar-refractivity contribution < 1.29 is 18.7 Å². The van der Waals surface area contributed by atoms with E-state index < -0.39 is 11.8 Å². The van der Waals surface area contributed by atoms with Gasteiger partial charge in [0, 0.05) is 6.07 Å². The summed E-state index contributed by atoms with van der Waals surface area (Å²) in [5, 5.41) is -0.0169. The van der Waals surface area contributed by atoms with E-state index in [0.29, 0.717) is 0 Å². The molecule has 0 saturated heterocycles. The van der Waals surface area contributed by atoms with Gasteiger partial charge in [-0.2, -0.15) is 0 Å². The van der Waals surface area contributed by atoms with E-state index in [1.807, 2.05) is 0 Å². The summed E-state index contributed by atoms with van der Waals surface area (Å²) in [6, 6.07) is 2.14. The zero-order valence-electron chi connectivity index (χ0n) is 8.42. The molecule has 4 nitrogen and oxygen atoms in total. The molecule has 0 atom stereocenters. The molecule has 0 amide bonds. The fourth-order valence-electron chi connectivity index (χ4n) is 0.911. The number of halogens is 2. The third kappa shape index (κ3) is 2.64. The molecule has 0 heterocycles. The van der Waals surface area contributed by atoms with Crippen LogP contribution in [0.4, 0.5) is 10.1 Å². The first-order valence-corrected chi connectivity index (χ1v) is 4.53. The van der Waals surface area contributed by atoms with Gasteiger partial charge in [0.1, 0.15) is 11.6 Å². The molecule has 0 unspecified atom stereocenters. The van der Waals surface area contributed by atoms with Gasteiger partial charge in [-0.1, -0.05) is 11.6 Å². The Kier molecular flexibility index (Phi) is 3.73. The molecule has 0 bridgehead atoms. The highest BCUT2D eigenvalue weighted by Gasteiger charge is 2.13. The van der Waals surface area contributed by atoms with Crippen LogP contribution in [0.5, 0.6) is 5.75 Å². The number of benzene rings is 1. The van der Waals surface area contributed by atoms with Crippen molar-refractivity contribution in [2.45, 2.75) is 0 Å². The van der Waals surface area contributed by atoms with Gasteiger partial charge in [-0.3, -0.25) is 0 Å². The number of ether oxygens (including phenoxy) is 2. The van der Waals surface area contributed by atoms with Crippen molar-refractivity contribution in [1.29, 1.82) is 0 Å². The number of esters is 1. The molecule has 0 spiro atoms. The molecular weight excluding hydrogens is 237 g/mol. The van der Waals surface area contributed by atoms with Gasteiger partial charge in [-0.05, 0) is 12.6 Å². The first kappa shape index (κ1) is 12.3. The molecular formula is C10H9ClFNO3. The van der Waals surface area contributed by atoms with Gasteiger partial charge in [0.05, 0.1) is 17.8 Å². The molecule has 0 aliphatic carbocycles. The maximum atomic E-state index is 12.9. The van der Waals surface area contributed by atoms with Crippen LogP contribution < -0.4 is 10.5 Å². The third-order valence-electron chi connectivity index (χ3n) is 1.70. The van der Waals surface area contributed by atoms with Crippen molar-refractivity contribution >= 4 is 23.3 Å². The molecule has 86 valence electrons. The van der Waals surface area contributed by atoms with Crippen LogP contribution in [-0.4, -0.2) is 13.1 Å². The minimum atomic E-state index is -0.751. The smallest absolute Gasteiger partial charge is 0.373 e. The predicted octanol–water partition coefficient (Wildman–Crippen LogP) is 2.13. The van der Waals surface area contributed by atoms with Crippen LogP contribution in [0.1, 0.15) is 0 Å². The monoisotopic (exact) mass is 245 g/mol. The van der Waals surface area contributed by atoms with Crippen LogP contribution in [-0.2, 0) is 9.53 Å². The number of nitrogen functional groups attached to an aromatic ring is 1. The lowest BCUT2D eigenvalue weighted by atomic mass is 10.3. The highest BCUT2D eigenvalue weighted by molar-refractivity contribution is 6.32. The molecule has 0 aliphatic heterocycles. The quantitative estimate of drug-likeness (QED) is 0.384. The van der Waals surface area contributed by atoms with E-state index >= 15 is 0 Å². The van der Waals surface area contributed by atoms with E-state index in [0.717, 1.165) is 12.1 Å². The lowest BCUT2D eigenvalue weighted by molar-refractivity contribution is -0.138. The molecule has 2 N–H and O–H groups in total. The Morgan fingerprint density at radius 3 is 2.75 bits per heavy atom. The number of rotatable bonds is 3. The van der Waals surface area contributed by atoms with Crippen molar-refractivity contribution in [3.63, 3.8) is 0 Å². The summed E-state index contributed by atoms with van der Waals surface area (Å²) in [5.41, 5.74) is 5.17. The Labute approximate surface area is 96.4 Å². The highest BCUT2D eigenvalue weighted by atomic mass is 35.5. The second-order valence-electron chi connectivity index (χ2n) is 2.82. The van der Waals surface area contributed by atoms with Crippen LogP contribution in [0, 0.1) is 5.82 Å². The largest absolute Gasteiger partial charge is 0.463 e. The van der Waals surface area contributed by atoms with Crippen molar-refractivity contribution in [2.24, 2.45) is 0 Å². The number of hydrogen-bond donors (Lipinski definition) is 1. The summed E-state index contributed by atoms with van der Waals surface area (Å²) in [6.45, 7) is 3.32. The van der Waals surface area contributed by atoms with Gasteiger partial charge >= 0.3 is 5.97 Å². The lowest BCUT2D eigenvalue weighted by Gasteiger charge is -2.09. The van der Waals surface area contributed by atoms with Crippen LogP contribution in [0.25, 0.3) is 0 Å². The number of nitrogens with two attached hydrogens (primary N) is 1. The van der Waals surface area contributed by atoms with E-state index in [-0.39, 0.29) is 22.2 Å². The molecule has 0 radical (unpaired) electrons. The molecule has 6 heteroatoms. The zero-order valence-corrected chi connectivity index (χ0v) is 9.18. The van der Waals surface area contributed by atoms with E-state index in [1.165, 1.54) is 7.11 Å². The Hall–Kier alpha value is -1.75. The van der Waals surface area contributed by atoms with E-state index in [9.17, 15) is 9.18 Å². The lowest BCUT2D eigenvalue weighted by Crippen LogP contribution is -2.09. The second-order valence-corrected chi connectivity index (χ2v) is 3.23. The summed E-state index contributed by atoms with van der Waals surface area (Å²) < 4.78 is 22.3. The Balaban J connectivity index is 2.94. The molecule has 1 rings (SSSR count). The Morgan fingerprint density at radius 1 is 1.56 bits per heavy atom. The highest BCUT2D eigenvalue weighted by Crippen LogP contribution is 2.30. The minimum absolute atomic E-state index is 0.0169. The summed E-state index contributed by atoms with van der Waals surface area (Å²) in [5.74, 6) is -1.65. The summed E-state index contributed by atoms with van der Waals surface area (Å²) in [7, 11) is 1.18.